The molecule has 0 radical (unpaired) electrons. The Kier molecular flexibility index (Phi) is 3.41. The van der Waals surface area contributed by atoms with Gasteiger partial charge in [-0.05, 0) is 50.9 Å². The van der Waals surface area contributed by atoms with Gasteiger partial charge in [0.2, 0.25) is 0 Å². The van der Waals surface area contributed by atoms with Gasteiger partial charge in [-0.3, -0.25) is 0 Å². The number of hydrogen-bond donors (Lipinski definition) is 1. The molecule has 3 aliphatic rings. The fraction of sp³-hybridized carbons (Fsp3) is 0.600. The largest absolute Gasteiger partial charge is 0.493 e. The minimum absolute atomic E-state index is 0.407. The van der Waals surface area contributed by atoms with Crippen molar-refractivity contribution in [3.63, 3.8) is 0 Å². The lowest BCUT2D eigenvalue weighted by Crippen LogP contribution is -2.56. The molecular formula is C15H21NO2S. The minimum Gasteiger partial charge on any atom is -0.493 e. The number of hydrogen-bond acceptors (Lipinski definition) is 4. The summed E-state index contributed by atoms with van der Waals surface area (Å²) < 4.78 is 5.45. The molecule has 4 heteroatoms. The quantitative estimate of drug-likeness (QED) is 0.860. The molecule has 1 unspecified atom stereocenters. The molecule has 4 rings (SSSR count). The van der Waals surface area contributed by atoms with E-state index in [0.29, 0.717) is 18.3 Å². The number of piperidine rings is 3. The van der Waals surface area contributed by atoms with Gasteiger partial charge >= 0.3 is 0 Å². The van der Waals surface area contributed by atoms with Crippen LogP contribution in [0.4, 0.5) is 0 Å². The average Bonchev–Trinajstić information content (AvgIpc) is 2.90. The monoisotopic (exact) mass is 279 g/mol. The smallest absolute Gasteiger partial charge is 0.129 e. The molecule has 0 aliphatic carbocycles. The summed E-state index contributed by atoms with van der Waals surface area (Å²) in [4.78, 5) is 4.47. The van der Waals surface area contributed by atoms with Crippen LogP contribution in [0.5, 0.6) is 0 Å². The Balaban J connectivity index is 1.84. The Bertz CT molecular complexity index is 476. The normalized spacial score (nSPS) is 33.4. The molecule has 1 aromatic heterocycles. The first-order chi connectivity index (χ1) is 9.13. The van der Waals surface area contributed by atoms with Crippen LogP contribution in [0.3, 0.4) is 0 Å². The van der Waals surface area contributed by atoms with Crippen molar-refractivity contribution in [3.05, 3.63) is 28.5 Å². The van der Waals surface area contributed by atoms with Gasteiger partial charge in [-0.2, -0.15) is 0 Å². The maximum Gasteiger partial charge on any atom is 0.129 e. The Morgan fingerprint density at radius 1 is 1.53 bits per heavy atom. The molecule has 0 amide bonds. The van der Waals surface area contributed by atoms with Crippen molar-refractivity contribution in [2.24, 2.45) is 5.92 Å². The number of nitrogens with zero attached hydrogens (tertiary/aromatic N) is 1. The van der Waals surface area contributed by atoms with Crippen LogP contribution in [-0.4, -0.2) is 36.2 Å². The maximum atomic E-state index is 11.1. The predicted molar refractivity (Wildman–Crippen MR) is 78.0 cm³/mol. The number of aliphatic hydroxyl groups is 1. The van der Waals surface area contributed by atoms with Crippen LogP contribution in [0.25, 0.3) is 5.76 Å². The van der Waals surface area contributed by atoms with Crippen molar-refractivity contribution < 1.29 is 9.84 Å². The Labute approximate surface area is 118 Å². The van der Waals surface area contributed by atoms with Crippen LogP contribution in [0.1, 0.15) is 29.5 Å². The van der Waals surface area contributed by atoms with Crippen LogP contribution in [0.2, 0.25) is 0 Å². The molecular weight excluding hydrogens is 258 g/mol. The van der Waals surface area contributed by atoms with Gasteiger partial charge in [-0.25, -0.2) is 0 Å². The SMILES string of the molecule is C=C(OCC)c1ccc(C2(O)CN3CCC2CC3)s1. The van der Waals surface area contributed by atoms with E-state index in [1.807, 2.05) is 19.1 Å². The molecule has 3 fully saturated rings. The fourth-order valence-corrected chi connectivity index (χ4v) is 4.37. The van der Waals surface area contributed by atoms with E-state index in [1.54, 1.807) is 11.3 Å². The molecule has 2 bridgehead atoms. The Hall–Kier alpha value is -0.840. The van der Waals surface area contributed by atoms with Crippen LogP contribution in [-0.2, 0) is 10.3 Å². The van der Waals surface area contributed by atoms with E-state index in [2.05, 4.69) is 11.5 Å². The lowest BCUT2D eigenvalue weighted by Gasteiger charge is -2.50. The van der Waals surface area contributed by atoms with Gasteiger partial charge in [0.25, 0.3) is 0 Å². The van der Waals surface area contributed by atoms with Crippen molar-refractivity contribution in [2.75, 3.05) is 26.2 Å². The van der Waals surface area contributed by atoms with Gasteiger partial charge in [-0.1, -0.05) is 6.58 Å². The summed E-state index contributed by atoms with van der Waals surface area (Å²) in [7, 11) is 0. The van der Waals surface area contributed by atoms with Gasteiger partial charge in [-0.15, -0.1) is 11.3 Å². The lowest BCUT2D eigenvalue weighted by molar-refractivity contribution is -0.115. The van der Waals surface area contributed by atoms with Crippen LogP contribution in [0.15, 0.2) is 18.7 Å². The molecule has 4 heterocycles. The molecule has 0 spiro atoms. The summed E-state index contributed by atoms with van der Waals surface area (Å²) in [6.07, 6.45) is 2.21. The zero-order chi connectivity index (χ0) is 13.5. The number of thiophene rings is 1. The first kappa shape index (κ1) is 13.2. The van der Waals surface area contributed by atoms with E-state index in [1.165, 1.54) is 0 Å². The van der Waals surface area contributed by atoms with Gasteiger partial charge in [0.1, 0.15) is 11.4 Å². The highest BCUT2D eigenvalue weighted by atomic mass is 32.1. The van der Waals surface area contributed by atoms with E-state index in [4.69, 9.17) is 4.74 Å². The Morgan fingerprint density at radius 2 is 2.26 bits per heavy atom. The molecule has 3 nitrogen and oxygen atoms in total. The first-order valence-corrected chi connectivity index (χ1v) is 7.82. The van der Waals surface area contributed by atoms with Crippen molar-refractivity contribution >= 4 is 17.1 Å². The van der Waals surface area contributed by atoms with Gasteiger partial charge in [0.05, 0.1) is 11.5 Å². The highest BCUT2D eigenvalue weighted by Gasteiger charge is 2.47. The number of ether oxygens (including phenoxy) is 1. The summed E-state index contributed by atoms with van der Waals surface area (Å²) in [6, 6.07) is 4.07. The molecule has 104 valence electrons. The van der Waals surface area contributed by atoms with Crippen LogP contribution in [0, 0.1) is 5.92 Å². The summed E-state index contributed by atoms with van der Waals surface area (Å²) in [5.74, 6) is 1.12. The molecule has 1 aromatic rings. The first-order valence-electron chi connectivity index (χ1n) is 7.00. The van der Waals surface area contributed by atoms with E-state index >= 15 is 0 Å². The lowest BCUT2D eigenvalue weighted by atomic mass is 9.74. The van der Waals surface area contributed by atoms with E-state index < -0.39 is 5.60 Å². The van der Waals surface area contributed by atoms with E-state index in [0.717, 1.165) is 42.2 Å². The maximum absolute atomic E-state index is 11.1. The fourth-order valence-electron chi connectivity index (χ4n) is 3.28. The van der Waals surface area contributed by atoms with Crippen molar-refractivity contribution in [1.82, 2.24) is 4.90 Å². The molecule has 0 saturated carbocycles. The molecule has 1 N–H and O–H groups in total. The second-order valence-corrected chi connectivity index (χ2v) is 6.58. The predicted octanol–water partition coefficient (Wildman–Crippen LogP) is 2.67. The third kappa shape index (κ3) is 2.22. The summed E-state index contributed by atoms with van der Waals surface area (Å²) >= 11 is 1.62. The van der Waals surface area contributed by atoms with Gasteiger partial charge < -0.3 is 14.7 Å². The summed E-state index contributed by atoms with van der Waals surface area (Å²) in [6.45, 7) is 9.58. The summed E-state index contributed by atoms with van der Waals surface area (Å²) in [5.41, 5.74) is -0.661. The van der Waals surface area contributed by atoms with Crippen LogP contribution >= 0.6 is 11.3 Å². The van der Waals surface area contributed by atoms with E-state index in [9.17, 15) is 5.11 Å². The molecule has 1 atom stereocenters. The zero-order valence-corrected chi connectivity index (χ0v) is 12.2. The van der Waals surface area contributed by atoms with E-state index in [-0.39, 0.29) is 0 Å². The second kappa shape index (κ2) is 4.93. The second-order valence-electron chi connectivity index (χ2n) is 5.49. The number of fused-ring (bicyclic) bond motifs is 3. The Morgan fingerprint density at radius 3 is 2.84 bits per heavy atom. The molecule has 19 heavy (non-hydrogen) atoms. The highest BCUT2D eigenvalue weighted by molar-refractivity contribution is 7.13. The summed E-state index contributed by atoms with van der Waals surface area (Å²) in [5, 5.41) is 11.1. The van der Waals surface area contributed by atoms with Crippen LogP contribution < -0.4 is 0 Å². The molecule has 0 aromatic carbocycles. The minimum atomic E-state index is -0.661. The third-order valence-electron chi connectivity index (χ3n) is 4.35. The average molecular weight is 279 g/mol. The molecule has 3 saturated heterocycles. The number of rotatable bonds is 4. The highest BCUT2D eigenvalue weighted by Crippen LogP contribution is 2.45. The third-order valence-corrected chi connectivity index (χ3v) is 5.65. The van der Waals surface area contributed by atoms with Crippen molar-refractivity contribution in [2.45, 2.75) is 25.4 Å². The topological polar surface area (TPSA) is 32.7 Å². The van der Waals surface area contributed by atoms with Crippen molar-refractivity contribution in [1.29, 1.82) is 0 Å². The zero-order valence-electron chi connectivity index (χ0n) is 11.4. The van der Waals surface area contributed by atoms with Gasteiger partial charge in [0.15, 0.2) is 0 Å². The standard InChI is InChI=1S/C15H21NO2S/c1-3-18-11(2)13-4-5-14(19-13)15(17)10-16-8-6-12(15)7-9-16/h4-5,12,17H,2-3,6-10H2,1H3. The van der Waals surface area contributed by atoms with Crippen molar-refractivity contribution in [3.8, 4) is 0 Å². The van der Waals surface area contributed by atoms with Gasteiger partial charge in [0, 0.05) is 11.4 Å². The molecule has 3 aliphatic heterocycles.